The van der Waals surface area contributed by atoms with Gasteiger partial charge in [-0.3, -0.25) is 4.79 Å². The molecule has 0 spiro atoms. The highest BCUT2D eigenvalue weighted by molar-refractivity contribution is 7.41. The number of hydrogen-bond acceptors (Lipinski definition) is 3. The van der Waals surface area contributed by atoms with Crippen molar-refractivity contribution in [3.05, 3.63) is 35.9 Å². The zero-order chi connectivity index (χ0) is 18.3. The minimum absolute atomic E-state index is 0.150. The Hall–Kier alpha value is -1.78. The van der Waals surface area contributed by atoms with Crippen LogP contribution in [0.2, 0.25) is 0 Å². The van der Waals surface area contributed by atoms with E-state index in [9.17, 15) is 24.2 Å². The number of rotatable bonds is 10. The van der Waals surface area contributed by atoms with E-state index in [0.717, 1.165) is 18.9 Å². The Balaban J connectivity index is 2.99. The highest BCUT2D eigenvalue weighted by Gasteiger charge is 2.58. The maximum Gasteiger partial charge on any atom is 0.523 e. The van der Waals surface area contributed by atoms with E-state index in [1.54, 1.807) is 0 Å². The van der Waals surface area contributed by atoms with Crippen LogP contribution < -0.4 is 0 Å². The van der Waals surface area contributed by atoms with E-state index in [0.29, 0.717) is 6.42 Å². The van der Waals surface area contributed by atoms with Gasteiger partial charge >= 0.3 is 20.0 Å². The van der Waals surface area contributed by atoms with Crippen LogP contribution in [0.5, 0.6) is 0 Å². The minimum atomic E-state index is -3.06. The fourth-order valence-corrected chi connectivity index (χ4v) is 3.64. The van der Waals surface area contributed by atoms with Gasteiger partial charge in [0.1, 0.15) is 0 Å². The average Bonchev–Trinajstić information content (AvgIpc) is 2.53. The standard InChI is InChI=1S/C17H23O6P/c1-3-12(13-7-5-4-6-8-13)9-10-14(11-15(18)19)17(2,16(20)21)24(22)23/h4-8,12,14H,3,9-11H2,1-2H3,(H2-,18,19,20,21,22,23)/p+1. The number of carboxylic acid groups (broad SMARTS) is 2. The van der Waals surface area contributed by atoms with Crippen LogP contribution in [-0.4, -0.2) is 32.2 Å². The molecule has 0 saturated carbocycles. The Morgan fingerprint density at radius 1 is 1.17 bits per heavy atom. The topological polar surface area (TPSA) is 112 Å². The molecule has 0 bridgehead atoms. The molecule has 0 aliphatic carbocycles. The van der Waals surface area contributed by atoms with Gasteiger partial charge in [0, 0.05) is 5.92 Å². The Morgan fingerprint density at radius 3 is 2.17 bits per heavy atom. The maximum atomic E-state index is 11.6. The van der Waals surface area contributed by atoms with E-state index in [1.807, 2.05) is 37.3 Å². The van der Waals surface area contributed by atoms with E-state index in [4.69, 9.17) is 5.11 Å². The lowest BCUT2D eigenvalue weighted by atomic mass is 9.81. The SMILES string of the molecule is CCC(CCC(CC(=O)O)C(C)(C(=O)O)[P+](=O)O)c1ccccc1. The molecule has 0 amide bonds. The molecule has 1 aromatic carbocycles. The van der Waals surface area contributed by atoms with Crippen molar-refractivity contribution in [1.82, 2.24) is 0 Å². The summed E-state index contributed by atoms with van der Waals surface area (Å²) in [4.78, 5) is 32.1. The van der Waals surface area contributed by atoms with Gasteiger partial charge in [-0.2, -0.15) is 4.89 Å². The fraction of sp³-hybridized carbons (Fsp3) is 0.529. The molecule has 1 aromatic rings. The highest BCUT2D eigenvalue weighted by atomic mass is 31.1. The van der Waals surface area contributed by atoms with E-state index >= 15 is 0 Å². The molecule has 0 aliphatic rings. The number of hydrogen-bond donors (Lipinski definition) is 3. The quantitative estimate of drug-likeness (QED) is 0.553. The van der Waals surface area contributed by atoms with Crippen LogP contribution in [-0.2, 0) is 14.2 Å². The lowest BCUT2D eigenvalue weighted by Gasteiger charge is -2.24. The summed E-state index contributed by atoms with van der Waals surface area (Å²) in [7, 11) is -3.06. The Labute approximate surface area is 142 Å². The lowest BCUT2D eigenvalue weighted by Crippen LogP contribution is -2.41. The van der Waals surface area contributed by atoms with Crippen LogP contribution in [0.4, 0.5) is 0 Å². The number of benzene rings is 1. The molecular formula is C17H24O6P+. The molecule has 7 heteroatoms. The van der Waals surface area contributed by atoms with Gasteiger partial charge in [-0.15, -0.1) is 0 Å². The molecule has 24 heavy (non-hydrogen) atoms. The van der Waals surface area contributed by atoms with Gasteiger partial charge < -0.3 is 10.2 Å². The van der Waals surface area contributed by atoms with E-state index < -0.39 is 37.5 Å². The fourth-order valence-electron chi connectivity index (χ4n) is 2.94. The lowest BCUT2D eigenvalue weighted by molar-refractivity contribution is -0.143. The average molecular weight is 355 g/mol. The van der Waals surface area contributed by atoms with Crippen molar-refractivity contribution in [2.24, 2.45) is 5.92 Å². The Morgan fingerprint density at radius 2 is 1.75 bits per heavy atom. The van der Waals surface area contributed by atoms with Crippen LogP contribution in [0, 0.1) is 5.92 Å². The second kappa shape index (κ2) is 8.90. The predicted octanol–water partition coefficient (Wildman–Crippen LogP) is 3.63. The minimum Gasteiger partial charge on any atom is -0.481 e. The molecule has 3 N–H and O–H groups in total. The van der Waals surface area contributed by atoms with Gasteiger partial charge in [-0.1, -0.05) is 37.3 Å². The molecule has 0 aliphatic heterocycles. The van der Waals surface area contributed by atoms with Crippen molar-refractivity contribution in [3.8, 4) is 0 Å². The van der Waals surface area contributed by atoms with Gasteiger partial charge in [0.2, 0.25) is 0 Å². The molecule has 1 rings (SSSR count). The maximum absolute atomic E-state index is 11.6. The Bertz CT molecular complexity index is 572. The zero-order valence-corrected chi connectivity index (χ0v) is 14.8. The summed E-state index contributed by atoms with van der Waals surface area (Å²) in [6.07, 6.45) is 1.18. The molecule has 6 nitrogen and oxygen atoms in total. The van der Waals surface area contributed by atoms with Crippen molar-refractivity contribution in [1.29, 1.82) is 0 Å². The van der Waals surface area contributed by atoms with Gasteiger partial charge in [-0.25, -0.2) is 4.79 Å². The molecule has 4 atom stereocenters. The third-order valence-electron chi connectivity index (χ3n) is 4.67. The van der Waals surface area contributed by atoms with Crippen molar-refractivity contribution < 1.29 is 29.3 Å². The summed E-state index contributed by atoms with van der Waals surface area (Å²) in [5.41, 5.74) is 1.10. The van der Waals surface area contributed by atoms with E-state index in [-0.39, 0.29) is 12.3 Å². The molecular weight excluding hydrogens is 331 g/mol. The van der Waals surface area contributed by atoms with Crippen LogP contribution >= 0.6 is 8.03 Å². The van der Waals surface area contributed by atoms with Crippen LogP contribution in [0.25, 0.3) is 0 Å². The second-order valence-corrected chi connectivity index (χ2v) is 7.59. The monoisotopic (exact) mass is 355 g/mol. The molecule has 0 heterocycles. The first-order valence-electron chi connectivity index (χ1n) is 7.89. The molecule has 0 aromatic heterocycles. The first-order valence-corrected chi connectivity index (χ1v) is 9.11. The molecule has 0 radical (unpaired) electrons. The predicted molar refractivity (Wildman–Crippen MR) is 90.3 cm³/mol. The third kappa shape index (κ3) is 4.86. The van der Waals surface area contributed by atoms with Gasteiger partial charge in [0.05, 0.1) is 6.42 Å². The van der Waals surface area contributed by atoms with Gasteiger partial charge in [-0.05, 0) is 42.2 Å². The summed E-state index contributed by atoms with van der Waals surface area (Å²) in [5, 5.41) is 16.5. The normalized spacial score (nSPS) is 16.7. The van der Waals surface area contributed by atoms with Gasteiger partial charge in [0.15, 0.2) is 0 Å². The second-order valence-electron chi connectivity index (χ2n) is 6.11. The summed E-state index contributed by atoms with van der Waals surface area (Å²) < 4.78 is 11.6. The molecule has 4 unspecified atom stereocenters. The third-order valence-corrected chi connectivity index (χ3v) is 6.02. The van der Waals surface area contributed by atoms with Crippen molar-refractivity contribution in [2.45, 2.75) is 50.6 Å². The largest absolute Gasteiger partial charge is 0.523 e. The molecule has 0 saturated heterocycles. The van der Waals surface area contributed by atoms with E-state index in [1.165, 1.54) is 0 Å². The number of aliphatic carboxylic acids is 2. The first-order chi connectivity index (χ1) is 11.2. The summed E-state index contributed by atoms with van der Waals surface area (Å²) in [5.74, 6) is -3.38. The summed E-state index contributed by atoms with van der Waals surface area (Å²) >= 11 is 0. The molecule has 132 valence electrons. The van der Waals surface area contributed by atoms with Crippen LogP contribution in [0.1, 0.15) is 51.0 Å². The van der Waals surface area contributed by atoms with Crippen molar-refractivity contribution >= 4 is 20.0 Å². The highest BCUT2D eigenvalue weighted by Crippen LogP contribution is 2.46. The van der Waals surface area contributed by atoms with Crippen LogP contribution in [0.3, 0.4) is 0 Å². The van der Waals surface area contributed by atoms with Crippen molar-refractivity contribution in [2.75, 3.05) is 0 Å². The van der Waals surface area contributed by atoms with Gasteiger partial charge in [0.25, 0.3) is 5.16 Å². The number of carboxylic acids is 2. The van der Waals surface area contributed by atoms with E-state index in [2.05, 4.69) is 0 Å². The van der Waals surface area contributed by atoms with Crippen molar-refractivity contribution in [3.63, 3.8) is 0 Å². The smallest absolute Gasteiger partial charge is 0.481 e. The first kappa shape index (κ1) is 20.3. The Kier molecular flexibility index (Phi) is 7.52. The molecule has 0 fully saturated rings. The summed E-state index contributed by atoms with van der Waals surface area (Å²) in [6, 6.07) is 9.69. The summed E-state index contributed by atoms with van der Waals surface area (Å²) in [6.45, 7) is 3.16. The number of carbonyl (C=O) groups is 2. The zero-order valence-electron chi connectivity index (χ0n) is 13.9. The van der Waals surface area contributed by atoms with Crippen LogP contribution in [0.15, 0.2) is 30.3 Å².